The second-order valence-electron chi connectivity index (χ2n) is 12.4. The molecule has 0 spiro atoms. The highest BCUT2D eigenvalue weighted by Gasteiger charge is 2.20. The molecule has 0 aliphatic rings. The molecule has 0 saturated heterocycles. The second kappa shape index (κ2) is 11.0. The summed E-state index contributed by atoms with van der Waals surface area (Å²) in [5.41, 5.74) is 9.61. The minimum Gasteiger partial charge on any atom is -0.456 e. The van der Waals surface area contributed by atoms with E-state index in [4.69, 9.17) is 13.8 Å². The summed E-state index contributed by atoms with van der Waals surface area (Å²) in [6.07, 6.45) is 0. The Morgan fingerprint density at radius 3 is 1.88 bits per heavy atom. The van der Waals surface area contributed by atoms with Gasteiger partial charge >= 0.3 is 0 Å². The number of hydrogen-bond donors (Lipinski definition) is 0. The van der Waals surface area contributed by atoms with Gasteiger partial charge in [0.25, 0.3) is 0 Å². The molecule has 0 radical (unpaired) electrons. The second-order valence-corrected chi connectivity index (χ2v) is 12.4. The highest BCUT2D eigenvalue weighted by Crippen LogP contribution is 2.42. The molecule has 0 saturated carbocycles. The third-order valence-corrected chi connectivity index (χ3v) is 9.45. The van der Waals surface area contributed by atoms with Crippen molar-refractivity contribution in [2.45, 2.75) is 0 Å². The fourth-order valence-corrected chi connectivity index (χ4v) is 7.06. The zero-order valence-electron chi connectivity index (χ0n) is 26.4. The van der Waals surface area contributed by atoms with Crippen molar-refractivity contribution in [1.29, 1.82) is 0 Å². The van der Waals surface area contributed by atoms with E-state index in [0.29, 0.717) is 5.89 Å². The van der Waals surface area contributed by atoms with Gasteiger partial charge in [0.1, 0.15) is 16.7 Å². The van der Waals surface area contributed by atoms with Crippen molar-refractivity contribution in [3.63, 3.8) is 0 Å². The van der Waals surface area contributed by atoms with Gasteiger partial charge in [-0.3, -0.25) is 0 Å². The zero-order chi connectivity index (χ0) is 32.3. The van der Waals surface area contributed by atoms with Crippen LogP contribution in [-0.2, 0) is 0 Å². The molecule has 0 atom stereocenters. The van der Waals surface area contributed by atoms with Crippen LogP contribution in [0.2, 0.25) is 0 Å². The molecule has 0 N–H and O–H groups in total. The van der Waals surface area contributed by atoms with Gasteiger partial charge in [-0.05, 0) is 93.3 Å². The Bertz CT molecular complexity index is 2780. The summed E-state index contributed by atoms with van der Waals surface area (Å²) in [7, 11) is 0. The Kier molecular flexibility index (Phi) is 6.15. The van der Waals surface area contributed by atoms with E-state index in [1.54, 1.807) is 0 Å². The van der Waals surface area contributed by atoms with Gasteiger partial charge < -0.3 is 13.7 Å². The fraction of sp³-hybridized carbons (Fsp3) is 0. The summed E-state index contributed by atoms with van der Waals surface area (Å²) in [4.78, 5) is 7.22. The van der Waals surface area contributed by atoms with Crippen LogP contribution < -0.4 is 4.90 Å². The number of oxazole rings is 1. The van der Waals surface area contributed by atoms with E-state index in [9.17, 15) is 0 Å². The third kappa shape index (κ3) is 4.65. The van der Waals surface area contributed by atoms with Crippen LogP contribution in [0.15, 0.2) is 179 Å². The van der Waals surface area contributed by atoms with Crippen LogP contribution in [0, 0.1) is 0 Å². The van der Waals surface area contributed by atoms with Crippen molar-refractivity contribution in [1.82, 2.24) is 4.98 Å². The van der Waals surface area contributed by atoms with Crippen LogP contribution >= 0.6 is 0 Å². The molecule has 0 aliphatic carbocycles. The van der Waals surface area contributed by atoms with Crippen LogP contribution in [0.3, 0.4) is 0 Å². The van der Waals surface area contributed by atoms with Gasteiger partial charge in [0, 0.05) is 39.5 Å². The minimum absolute atomic E-state index is 0.582. The number of fused-ring (bicyclic) bond motifs is 6. The standard InChI is InChI=1S/C45H28N2O2/c1-2-9-29(10-3-1)31-17-20-35(21-18-31)47(36-22-19-30-11-4-5-12-32(30)25-36)37-23-24-38-42(28-37)48-41-16-8-15-39(44(38)41)45-46-40-26-33-13-6-7-14-34(33)27-43(40)49-45/h1-28H. The predicted molar refractivity (Wildman–Crippen MR) is 202 cm³/mol. The number of rotatable bonds is 5. The minimum atomic E-state index is 0.582. The molecule has 8 aromatic carbocycles. The molecule has 0 amide bonds. The van der Waals surface area contributed by atoms with Crippen LogP contribution in [0.1, 0.15) is 0 Å². The molecule has 0 bridgehead atoms. The molecule has 230 valence electrons. The average Bonchev–Trinajstić information content (AvgIpc) is 3.75. The summed E-state index contributed by atoms with van der Waals surface area (Å²) in [6, 6.07) is 59.3. The van der Waals surface area contributed by atoms with E-state index in [0.717, 1.165) is 66.4 Å². The van der Waals surface area contributed by atoms with Crippen molar-refractivity contribution in [2.24, 2.45) is 0 Å². The lowest BCUT2D eigenvalue weighted by molar-refractivity contribution is 0.620. The molecule has 2 aromatic heterocycles. The highest BCUT2D eigenvalue weighted by molar-refractivity contribution is 6.13. The van der Waals surface area contributed by atoms with E-state index in [1.165, 1.54) is 21.9 Å². The first kappa shape index (κ1) is 27.5. The Hall–Kier alpha value is -6.65. The monoisotopic (exact) mass is 628 g/mol. The number of nitrogens with zero attached hydrogens (tertiary/aromatic N) is 2. The van der Waals surface area contributed by atoms with Crippen LogP contribution in [-0.4, -0.2) is 4.98 Å². The molecule has 4 heteroatoms. The zero-order valence-corrected chi connectivity index (χ0v) is 26.4. The molecule has 10 rings (SSSR count). The Labute approximate surface area is 282 Å². The van der Waals surface area contributed by atoms with E-state index in [2.05, 4.69) is 144 Å². The SMILES string of the molecule is c1ccc(-c2ccc(N(c3ccc4ccccc4c3)c3ccc4c(c3)oc3cccc(-c5nc6cc7ccccc7cc6o5)c34)cc2)cc1. The maximum atomic E-state index is 6.57. The number of furan rings is 1. The maximum absolute atomic E-state index is 6.57. The highest BCUT2D eigenvalue weighted by atomic mass is 16.3. The predicted octanol–water partition coefficient (Wildman–Crippen LogP) is 12.8. The van der Waals surface area contributed by atoms with Crippen LogP contribution in [0.4, 0.5) is 17.1 Å². The van der Waals surface area contributed by atoms with E-state index in [1.807, 2.05) is 30.3 Å². The van der Waals surface area contributed by atoms with E-state index >= 15 is 0 Å². The molecule has 4 nitrogen and oxygen atoms in total. The van der Waals surface area contributed by atoms with Gasteiger partial charge in [0.15, 0.2) is 5.58 Å². The lowest BCUT2D eigenvalue weighted by atomic mass is 10.0. The van der Waals surface area contributed by atoms with E-state index < -0.39 is 0 Å². The van der Waals surface area contributed by atoms with Gasteiger partial charge in [-0.1, -0.05) is 103 Å². The molecule has 0 aliphatic heterocycles. The first-order valence-electron chi connectivity index (χ1n) is 16.4. The Morgan fingerprint density at radius 2 is 1.06 bits per heavy atom. The summed E-state index contributed by atoms with van der Waals surface area (Å²) in [5, 5.41) is 6.66. The lowest BCUT2D eigenvalue weighted by Crippen LogP contribution is -2.09. The van der Waals surface area contributed by atoms with Crippen molar-refractivity contribution in [3.8, 4) is 22.6 Å². The topological polar surface area (TPSA) is 42.4 Å². The van der Waals surface area contributed by atoms with Crippen LogP contribution in [0.5, 0.6) is 0 Å². The summed E-state index contributed by atoms with van der Waals surface area (Å²) < 4.78 is 12.9. The molecule has 0 unspecified atom stereocenters. The largest absolute Gasteiger partial charge is 0.456 e. The molecule has 0 fully saturated rings. The third-order valence-electron chi connectivity index (χ3n) is 9.45. The van der Waals surface area contributed by atoms with Crippen molar-refractivity contribution >= 4 is 71.6 Å². The molecular formula is C45H28N2O2. The van der Waals surface area contributed by atoms with Gasteiger partial charge in [-0.2, -0.15) is 0 Å². The number of anilines is 3. The first-order valence-corrected chi connectivity index (χ1v) is 16.4. The van der Waals surface area contributed by atoms with Crippen molar-refractivity contribution in [3.05, 3.63) is 170 Å². The van der Waals surface area contributed by atoms with Gasteiger partial charge in [-0.25, -0.2) is 4.98 Å². The molecule has 10 aromatic rings. The van der Waals surface area contributed by atoms with Gasteiger partial charge in [-0.15, -0.1) is 0 Å². The summed E-state index contributed by atoms with van der Waals surface area (Å²) in [6.45, 7) is 0. The van der Waals surface area contributed by atoms with Gasteiger partial charge in [0.05, 0.1) is 0 Å². The number of hydrogen-bond acceptors (Lipinski definition) is 4. The lowest BCUT2D eigenvalue weighted by Gasteiger charge is -2.26. The molecular weight excluding hydrogens is 601 g/mol. The smallest absolute Gasteiger partial charge is 0.228 e. The fourth-order valence-electron chi connectivity index (χ4n) is 7.06. The summed E-state index contributed by atoms with van der Waals surface area (Å²) >= 11 is 0. The summed E-state index contributed by atoms with van der Waals surface area (Å²) in [5.74, 6) is 0.582. The average molecular weight is 629 g/mol. The van der Waals surface area contributed by atoms with Crippen LogP contribution in [0.25, 0.3) is 77.2 Å². The molecule has 49 heavy (non-hydrogen) atoms. The van der Waals surface area contributed by atoms with E-state index in [-0.39, 0.29) is 0 Å². The first-order chi connectivity index (χ1) is 24.2. The Balaban J connectivity index is 1.12. The Morgan fingerprint density at radius 1 is 0.408 bits per heavy atom. The number of benzene rings is 8. The number of aromatic nitrogens is 1. The maximum Gasteiger partial charge on any atom is 0.228 e. The van der Waals surface area contributed by atoms with Crippen molar-refractivity contribution in [2.75, 3.05) is 4.90 Å². The van der Waals surface area contributed by atoms with Crippen molar-refractivity contribution < 1.29 is 8.83 Å². The quantitative estimate of drug-likeness (QED) is 0.190. The van der Waals surface area contributed by atoms with Gasteiger partial charge in [0.2, 0.25) is 5.89 Å². The normalized spacial score (nSPS) is 11.7. The molecule has 2 heterocycles.